The number of carbonyl (C=O) groups is 16. The lowest BCUT2D eigenvalue weighted by Crippen LogP contribution is -2.61. The number of benzene rings is 2. The van der Waals surface area contributed by atoms with Gasteiger partial charge in [-0.2, -0.15) is 0 Å². The second-order valence-electron chi connectivity index (χ2n) is 20.7. The van der Waals surface area contributed by atoms with Gasteiger partial charge in [-0.1, -0.05) is 56.3 Å². The Morgan fingerprint density at radius 2 is 0.820 bits per heavy atom. The van der Waals surface area contributed by atoms with E-state index >= 15 is 0 Å². The lowest BCUT2D eigenvalue weighted by atomic mass is 10.00. The molecule has 12 amide bonds. The number of rotatable bonds is 38. The third-order valence-corrected chi connectivity index (χ3v) is 12.5. The highest BCUT2D eigenvalue weighted by Crippen LogP contribution is 2.14. The van der Waals surface area contributed by atoms with Crippen molar-refractivity contribution in [1.29, 1.82) is 0 Å². The Balaban J connectivity index is 2.31. The summed E-state index contributed by atoms with van der Waals surface area (Å²) >= 11 is 0. The van der Waals surface area contributed by atoms with E-state index in [0.29, 0.717) is 11.1 Å². The Labute approximate surface area is 507 Å². The highest BCUT2D eigenvalue weighted by molar-refractivity contribution is 6.00. The van der Waals surface area contributed by atoms with Gasteiger partial charge in [0.1, 0.15) is 60.1 Å². The van der Waals surface area contributed by atoms with Crippen molar-refractivity contribution in [2.75, 3.05) is 13.1 Å². The Kier molecular flexibility index (Phi) is 30.8. The quantitative estimate of drug-likeness (QED) is 0.0297. The number of carboxylic acid groups (broad SMARTS) is 4. The number of aliphatic carboxylic acids is 4. The van der Waals surface area contributed by atoms with E-state index in [9.17, 15) is 102 Å². The molecule has 0 aliphatic carbocycles. The number of phenolic OH excluding ortho intramolecular Hbond substituents is 1. The van der Waals surface area contributed by atoms with E-state index < -0.39 is 206 Å². The maximum absolute atomic E-state index is 14.1. The van der Waals surface area contributed by atoms with Crippen LogP contribution in [-0.4, -0.2) is 205 Å². The molecule has 0 heterocycles. The molecule has 0 aromatic heterocycles. The van der Waals surface area contributed by atoms with Crippen LogP contribution in [0.5, 0.6) is 5.75 Å². The van der Waals surface area contributed by atoms with E-state index in [1.807, 2.05) is 0 Å². The zero-order valence-corrected chi connectivity index (χ0v) is 48.9. The normalized spacial score (nSPS) is 14.6. The maximum Gasteiger partial charge on any atom is 0.325 e. The zero-order chi connectivity index (χ0) is 67.4. The van der Waals surface area contributed by atoms with Gasteiger partial charge in [0, 0.05) is 12.8 Å². The van der Waals surface area contributed by atoms with Gasteiger partial charge in [-0.3, -0.25) is 76.7 Å². The molecule has 0 radical (unpaired) electrons. The van der Waals surface area contributed by atoms with Gasteiger partial charge in [-0.05, 0) is 56.4 Å². The van der Waals surface area contributed by atoms with Gasteiger partial charge in [-0.15, -0.1) is 0 Å². The Bertz CT molecular complexity index is 2910. The number of phenols is 1. The summed E-state index contributed by atoms with van der Waals surface area (Å²) in [6.45, 7) is 4.62. The van der Waals surface area contributed by atoms with Crippen LogP contribution in [-0.2, 0) is 89.6 Å². The summed E-state index contributed by atoms with van der Waals surface area (Å²) in [6.07, 6.45) is -6.35. The second kappa shape index (κ2) is 36.6. The van der Waals surface area contributed by atoms with E-state index in [1.165, 1.54) is 24.3 Å². The SMILES string of the molecule is CC(C)C[C@H](NC(=O)[C@H](CC(=O)O)NC(=O)CNC(=O)[C@@H](NC(=O)[C@H](Cc1ccc(O)cc1)NC(=O)[C@H](C)NC(=O)[C@H](CC(N)=O)NC(=O)CNC(=O)[C@@H](N)CC(=O)O)[C@@H](C)O)C(=O)N[C@@H](Cc1ccccc1)C(=O)N[C@@H](CC(=O)O)C(=O)N[C@@H](C)C(=O)O. The Morgan fingerprint density at radius 1 is 0.427 bits per heavy atom. The van der Waals surface area contributed by atoms with E-state index in [0.717, 1.165) is 20.8 Å². The van der Waals surface area contributed by atoms with Crippen LogP contribution in [0, 0.1) is 5.92 Å². The van der Waals surface area contributed by atoms with E-state index in [2.05, 4.69) is 58.5 Å². The van der Waals surface area contributed by atoms with Gasteiger partial charge in [0.25, 0.3) is 0 Å². The van der Waals surface area contributed by atoms with Gasteiger partial charge in [0.15, 0.2) is 0 Å². The first-order valence-electron chi connectivity index (χ1n) is 27.3. The molecule has 0 saturated carbocycles. The largest absolute Gasteiger partial charge is 0.508 e. The van der Waals surface area contributed by atoms with Crippen LogP contribution in [0.15, 0.2) is 54.6 Å². The molecule has 0 fully saturated rings. The van der Waals surface area contributed by atoms with Gasteiger partial charge in [-0.25, -0.2) is 0 Å². The van der Waals surface area contributed by atoms with Crippen molar-refractivity contribution in [1.82, 2.24) is 58.5 Å². The summed E-state index contributed by atoms with van der Waals surface area (Å²) in [5, 5.41) is 82.2. The van der Waals surface area contributed by atoms with Crippen LogP contribution >= 0.6 is 0 Å². The topological polar surface area (TPSA) is 579 Å². The van der Waals surface area contributed by atoms with Crippen LogP contribution < -0.4 is 70.0 Å². The first-order chi connectivity index (χ1) is 41.6. The molecule has 89 heavy (non-hydrogen) atoms. The van der Waals surface area contributed by atoms with Crippen molar-refractivity contribution in [3.8, 4) is 5.75 Å². The molecule has 0 saturated heterocycles. The van der Waals surface area contributed by atoms with Gasteiger partial charge in [0.05, 0.1) is 50.9 Å². The smallest absolute Gasteiger partial charge is 0.325 e. The molecule has 0 unspecified atom stereocenters. The monoisotopic (exact) mass is 1260 g/mol. The fraction of sp³-hybridized carbons (Fsp3) is 0.481. The molecule has 35 heteroatoms. The van der Waals surface area contributed by atoms with Crippen molar-refractivity contribution in [3.05, 3.63) is 65.7 Å². The molecule has 35 nitrogen and oxygen atoms in total. The number of amides is 12. The van der Waals surface area contributed by atoms with Crippen LogP contribution in [0.2, 0.25) is 0 Å². The molecular weight excluding hydrogens is 1180 g/mol. The Hall–Kier alpha value is -10.3. The number of aliphatic hydroxyl groups is 1. The molecule has 0 aliphatic rings. The third kappa shape index (κ3) is 28.2. The van der Waals surface area contributed by atoms with Crippen LogP contribution in [0.4, 0.5) is 0 Å². The number of nitrogens with one attached hydrogen (secondary N) is 11. The molecule has 2 aromatic carbocycles. The molecule has 0 spiro atoms. The van der Waals surface area contributed by atoms with E-state index in [-0.39, 0.29) is 25.0 Å². The number of hydrogen-bond acceptors (Lipinski definition) is 19. The minimum atomic E-state index is -1.97. The molecule has 0 bridgehead atoms. The highest BCUT2D eigenvalue weighted by atomic mass is 16.4. The number of hydrogen-bond donors (Lipinski definition) is 19. The molecule has 0 aliphatic heterocycles. The standard InChI is InChI=1S/C54H75N13O22/c1-24(2)15-32(49(83)65-33(16-28-9-7-6-8-10-28)50(84)66-37(21-43(77)78)48(82)60-26(4)54(88)89)64-51(85)36(20-42(75)76)62-40(72)23-58-53(87)44(27(5)68)67-52(86)34(17-29-11-13-30(69)14-12-29)63-45(79)25(3)59-47(81)35(19-38(56)70)61-39(71)22-57-46(80)31(55)18-41(73)74/h6-14,24-27,31-37,44,68-69H,15-23,55H2,1-5H3,(H2,56,70)(H,57,80)(H,58,87)(H,59,81)(H,60,82)(H,61,71)(H,62,72)(H,63,79)(H,64,85)(H,65,83)(H,66,84)(H,67,86)(H,73,74)(H,75,76)(H,77,78)(H,88,89)/t25-,26-,27+,31-,32-,33-,34-,35-,36-,37-,44-/m0/s1. The van der Waals surface area contributed by atoms with E-state index in [4.69, 9.17) is 16.6 Å². The summed E-state index contributed by atoms with van der Waals surface area (Å²) in [5.41, 5.74) is 11.5. The lowest BCUT2D eigenvalue weighted by molar-refractivity contribution is -0.143. The average Bonchev–Trinajstić information content (AvgIpc) is 2.30. The van der Waals surface area contributed by atoms with Crippen molar-refractivity contribution < 1.29 is 107 Å². The van der Waals surface area contributed by atoms with Gasteiger partial charge in [0.2, 0.25) is 70.9 Å². The van der Waals surface area contributed by atoms with E-state index in [1.54, 1.807) is 44.2 Å². The predicted octanol–water partition coefficient (Wildman–Crippen LogP) is -7.05. The summed E-state index contributed by atoms with van der Waals surface area (Å²) in [4.78, 5) is 205. The first-order valence-corrected chi connectivity index (χ1v) is 27.3. The lowest BCUT2D eigenvalue weighted by Gasteiger charge is -2.27. The zero-order valence-electron chi connectivity index (χ0n) is 48.9. The van der Waals surface area contributed by atoms with Gasteiger partial charge < -0.3 is 101 Å². The summed E-state index contributed by atoms with van der Waals surface area (Å²) < 4.78 is 0. The van der Waals surface area contributed by atoms with Crippen LogP contribution in [0.1, 0.15) is 77.8 Å². The minimum absolute atomic E-state index is 0.179. The number of aromatic hydroxyl groups is 1. The van der Waals surface area contributed by atoms with Crippen molar-refractivity contribution in [2.45, 2.75) is 146 Å². The molecule has 11 atom stereocenters. The predicted molar refractivity (Wildman–Crippen MR) is 304 cm³/mol. The number of nitrogens with two attached hydrogens (primary N) is 2. The Morgan fingerprint density at radius 3 is 1.29 bits per heavy atom. The number of carbonyl (C=O) groups excluding carboxylic acids is 12. The fourth-order valence-electron chi connectivity index (χ4n) is 7.89. The van der Waals surface area contributed by atoms with Crippen molar-refractivity contribution in [3.63, 3.8) is 0 Å². The number of carboxylic acids is 4. The van der Waals surface area contributed by atoms with Crippen LogP contribution in [0.25, 0.3) is 0 Å². The summed E-state index contributed by atoms with van der Waals surface area (Å²) in [6, 6.07) is -3.83. The first kappa shape index (κ1) is 74.8. The average molecular weight is 1260 g/mol. The molecule has 2 rings (SSSR count). The summed E-state index contributed by atoms with van der Waals surface area (Å²) in [7, 11) is 0. The molecule has 2 aromatic rings. The number of primary amides is 1. The van der Waals surface area contributed by atoms with Crippen LogP contribution in [0.3, 0.4) is 0 Å². The third-order valence-electron chi connectivity index (χ3n) is 12.5. The molecule has 21 N–H and O–H groups in total. The van der Waals surface area contributed by atoms with Gasteiger partial charge >= 0.3 is 23.9 Å². The fourth-order valence-corrected chi connectivity index (χ4v) is 7.89. The maximum atomic E-state index is 14.1. The van der Waals surface area contributed by atoms with Crippen molar-refractivity contribution in [2.24, 2.45) is 17.4 Å². The summed E-state index contributed by atoms with van der Waals surface area (Å²) in [5.74, 6) is -20.4. The minimum Gasteiger partial charge on any atom is -0.508 e. The highest BCUT2D eigenvalue weighted by Gasteiger charge is 2.36. The molecule has 488 valence electrons. The number of aliphatic hydroxyl groups excluding tert-OH is 1. The molecular formula is C54H75N13O22. The van der Waals surface area contributed by atoms with Crippen molar-refractivity contribution >= 4 is 94.8 Å². The second-order valence-corrected chi connectivity index (χ2v) is 20.7.